The summed E-state index contributed by atoms with van der Waals surface area (Å²) in [5.74, 6) is 0.590. The summed E-state index contributed by atoms with van der Waals surface area (Å²) in [6, 6.07) is 12.9. The number of piperazine rings is 1. The van der Waals surface area contributed by atoms with Crippen LogP contribution < -0.4 is 4.74 Å². The molecule has 0 aromatic heterocycles. The fourth-order valence-corrected chi connectivity index (χ4v) is 3.48. The monoisotopic (exact) mass is 372 g/mol. The van der Waals surface area contributed by atoms with Crippen molar-refractivity contribution in [3.8, 4) is 5.75 Å². The lowest BCUT2D eigenvalue weighted by Crippen LogP contribution is -2.45. The Hall–Kier alpha value is -1.95. The van der Waals surface area contributed by atoms with E-state index in [1.807, 2.05) is 32.0 Å². The summed E-state index contributed by atoms with van der Waals surface area (Å²) in [6.07, 6.45) is 0.0901. The highest BCUT2D eigenvalue weighted by atomic mass is 19.1. The maximum atomic E-state index is 13.3. The lowest BCUT2D eigenvalue weighted by molar-refractivity contribution is 0.122. The van der Waals surface area contributed by atoms with E-state index in [4.69, 9.17) is 4.74 Å². The quantitative estimate of drug-likeness (QED) is 0.808. The fourth-order valence-electron chi connectivity index (χ4n) is 3.48. The molecule has 2 aromatic carbocycles. The molecule has 1 N–H and O–H groups in total. The molecule has 2 aromatic rings. The van der Waals surface area contributed by atoms with E-state index in [1.54, 1.807) is 12.1 Å². The average Bonchev–Trinajstić information content (AvgIpc) is 2.64. The molecule has 0 atom stereocenters. The second-order valence-electron chi connectivity index (χ2n) is 7.45. The first-order valence-electron chi connectivity index (χ1n) is 9.62. The molecule has 0 spiro atoms. The number of aliphatic hydroxyl groups excluding tert-OH is 1. The summed E-state index contributed by atoms with van der Waals surface area (Å²) in [5, 5.41) is 9.63. The average molecular weight is 372 g/mol. The Kier molecular flexibility index (Phi) is 6.83. The van der Waals surface area contributed by atoms with Crippen molar-refractivity contribution < 1.29 is 14.2 Å². The van der Waals surface area contributed by atoms with E-state index in [1.165, 1.54) is 11.6 Å². The largest absolute Gasteiger partial charge is 0.491 e. The Labute approximate surface area is 161 Å². The van der Waals surface area contributed by atoms with Crippen LogP contribution in [0.5, 0.6) is 5.75 Å². The molecule has 4 nitrogen and oxygen atoms in total. The molecule has 1 fully saturated rings. The summed E-state index contributed by atoms with van der Waals surface area (Å²) in [7, 11) is 0. The van der Waals surface area contributed by atoms with Crippen molar-refractivity contribution in [3.63, 3.8) is 0 Å². The van der Waals surface area contributed by atoms with Gasteiger partial charge in [0.1, 0.15) is 11.6 Å². The zero-order chi connectivity index (χ0) is 19.2. The van der Waals surface area contributed by atoms with Gasteiger partial charge in [0.05, 0.1) is 12.7 Å². The number of aliphatic hydroxyl groups is 1. The molecular formula is C22H29FN2O2. The summed E-state index contributed by atoms with van der Waals surface area (Å²) >= 11 is 0. The maximum Gasteiger partial charge on any atom is 0.125 e. The first-order chi connectivity index (χ1) is 13.0. The third-order valence-electron chi connectivity index (χ3n) is 4.82. The molecule has 1 aliphatic rings. The maximum absolute atomic E-state index is 13.3. The van der Waals surface area contributed by atoms with Crippen LogP contribution in [0.1, 0.15) is 30.5 Å². The zero-order valence-electron chi connectivity index (χ0n) is 16.2. The smallest absolute Gasteiger partial charge is 0.125 e. The molecule has 0 aliphatic carbocycles. The van der Waals surface area contributed by atoms with Crippen molar-refractivity contribution in [3.05, 3.63) is 65.0 Å². The molecular weight excluding hydrogens is 343 g/mol. The third kappa shape index (κ3) is 5.76. The fraction of sp³-hybridized carbons (Fsp3) is 0.455. The van der Waals surface area contributed by atoms with Crippen molar-refractivity contribution in [2.75, 3.05) is 26.2 Å². The highest BCUT2D eigenvalue weighted by Gasteiger charge is 2.18. The van der Waals surface area contributed by atoms with Gasteiger partial charge in [-0.05, 0) is 49.2 Å². The molecule has 1 aliphatic heterocycles. The molecule has 0 amide bonds. The molecule has 0 unspecified atom stereocenters. The van der Waals surface area contributed by atoms with Crippen molar-refractivity contribution in [1.29, 1.82) is 0 Å². The summed E-state index contributed by atoms with van der Waals surface area (Å²) in [4.78, 5) is 4.78. The van der Waals surface area contributed by atoms with Gasteiger partial charge in [0.15, 0.2) is 0 Å². The first kappa shape index (κ1) is 19.8. The number of hydrogen-bond donors (Lipinski definition) is 1. The standard InChI is InChI=1S/C22H29FN2O2/c1-17(2)27-22-7-6-19(12-20(22)16-26)15-25-10-8-24(9-11-25)14-18-4-3-5-21(23)13-18/h3-7,12-13,17,26H,8-11,14-16H2,1-2H3. The van der Waals surface area contributed by atoms with E-state index in [-0.39, 0.29) is 18.5 Å². The van der Waals surface area contributed by atoms with Gasteiger partial charge >= 0.3 is 0 Å². The molecule has 1 heterocycles. The highest BCUT2D eigenvalue weighted by Crippen LogP contribution is 2.23. The molecule has 3 rings (SSSR count). The van der Waals surface area contributed by atoms with E-state index in [2.05, 4.69) is 15.9 Å². The van der Waals surface area contributed by atoms with Crippen LogP contribution in [0.3, 0.4) is 0 Å². The summed E-state index contributed by atoms with van der Waals surface area (Å²) < 4.78 is 19.1. The predicted octanol–water partition coefficient (Wildman–Crippen LogP) is 3.42. The Morgan fingerprint density at radius 2 is 1.59 bits per heavy atom. The van der Waals surface area contributed by atoms with Crippen molar-refractivity contribution in [2.24, 2.45) is 0 Å². The predicted molar refractivity (Wildman–Crippen MR) is 105 cm³/mol. The van der Waals surface area contributed by atoms with Crippen molar-refractivity contribution in [1.82, 2.24) is 9.80 Å². The minimum atomic E-state index is -0.171. The van der Waals surface area contributed by atoms with Gasteiger partial charge in [0.2, 0.25) is 0 Å². The lowest BCUT2D eigenvalue weighted by atomic mass is 10.1. The van der Waals surface area contributed by atoms with Crippen LogP contribution in [-0.4, -0.2) is 47.2 Å². The van der Waals surface area contributed by atoms with E-state index in [9.17, 15) is 9.50 Å². The van der Waals surface area contributed by atoms with Crippen LogP contribution in [-0.2, 0) is 19.7 Å². The number of rotatable bonds is 7. The van der Waals surface area contributed by atoms with Gasteiger partial charge in [-0.2, -0.15) is 0 Å². The molecule has 146 valence electrons. The number of hydrogen-bond acceptors (Lipinski definition) is 4. The van der Waals surface area contributed by atoms with E-state index >= 15 is 0 Å². The van der Waals surface area contributed by atoms with E-state index in [0.29, 0.717) is 0 Å². The van der Waals surface area contributed by atoms with Crippen LogP contribution in [0.15, 0.2) is 42.5 Å². The minimum Gasteiger partial charge on any atom is -0.491 e. The molecule has 1 saturated heterocycles. The summed E-state index contributed by atoms with van der Waals surface area (Å²) in [6.45, 7) is 9.51. The van der Waals surface area contributed by atoms with Crippen LogP contribution in [0.25, 0.3) is 0 Å². The minimum absolute atomic E-state index is 0.0166. The summed E-state index contributed by atoms with van der Waals surface area (Å²) in [5.41, 5.74) is 3.05. The van der Waals surface area contributed by atoms with Crippen LogP contribution in [0.4, 0.5) is 4.39 Å². The normalized spacial score (nSPS) is 16.0. The van der Waals surface area contributed by atoms with Gasteiger partial charge in [-0.3, -0.25) is 9.80 Å². The van der Waals surface area contributed by atoms with E-state index in [0.717, 1.165) is 56.1 Å². The molecule has 27 heavy (non-hydrogen) atoms. The number of ether oxygens (including phenoxy) is 1. The van der Waals surface area contributed by atoms with Gasteiger partial charge in [-0.25, -0.2) is 4.39 Å². The highest BCUT2D eigenvalue weighted by molar-refractivity contribution is 5.37. The van der Waals surface area contributed by atoms with Gasteiger partial charge in [-0.15, -0.1) is 0 Å². The van der Waals surface area contributed by atoms with Gasteiger partial charge in [-0.1, -0.05) is 18.2 Å². The second-order valence-corrected chi connectivity index (χ2v) is 7.45. The Balaban J connectivity index is 1.53. The Morgan fingerprint density at radius 3 is 2.15 bits per heavy atom. The number of halogens is 1. The van der Waals surface area contributed by atoms with Gasteiger partial charge in [0, 0.05) is 44.8 Å². The first-order valence-corrected chi connectivity index (χ1v) is 9.62. The van der Waals surface area contributed by atoms with Crippen LogP contribution in [0.2, 0.25) is 0 Å². The molecule has 0 radical (unpaired) electrons. The Bertz CT molecular complexity index is 743. The van der Waals surface area contributed by atoms with Crippen LogP contribution in [0, 0.1) is 5.82 Å². The second kappa shape index (κ2) is 9.31. The molecule has 5 heteroatoms. The topological polar surface area (TPSA) is 35.9 Å². The zero-order valence-corrected chi connectivity index (χ0v) is 16.2. The number of nitrogens with zero attached hydrogens (tertiary/aromatic N) is 2. The van der Waals surface area contributed by atoms with Gasteiger partial charge in [0.25, 0.3) is 0 Å². The Morgan fingerprint density at radius 1 is 0.963 bits per heavy atom. The molecule has 0 bridgehead atoms. The van der Waals surface area contributed by atoms with Gasteiger partial charge < -0.3 is 9.84 Å². The third-order valence-corrected chi connectivity index (χ3v) is 4.82. The SMILES string of the molecule is CC(C)Oc1ccc(CN2CCN(Cc3cccc(F)c3)CC2)cc1CO. The van der Waals surface area contributed by atoms with Crippen molar-refractivity contribution >= 4 is 0 Å². The van der Waals surface area contributed by atoms with E-state index < -0.39 is 0 Å². The van der Waals surface area contributed by atoms with Crippen molar-refractivity contribution in [2.45, 2.75) is 39.6 Å². The lowest BCUT2D eigenvalue weighted by Gasteiger charge is -2.34. The van der Waals surface area contributed by atoms with Crippen LogP contribution >= 0.6 is 0 Å². The molecule has 0 saturated carbocycles. The number of benzene rings is 2.